The number of amides is 2. The highest BCUT2D eigenvalue weighted by Gasteiger charge is 2.20. The molecule has 20 heavy (non-hydrogen) atoms. The molecule has 2 amide bonds. The van der Waals surface area contributed by atoms with Gasteiger partial charge >= 0.3 is 0 Å². The van der Waals surface area contributed by atoms with Crippen LogP contribution < -0.4 is 10.6 Å². The first kappa shape index (κ1) is 14.3. The Morgan fingerprint density at radius 1 is 1.45 bits per heavy atom. The molecule has 0 bridgehead atoms. The second-order valence-corrected chi connectivity index (χ2v) is 4.73. The van der Waals surface area contributed by atoms with Gasteiger partial charge in [0.05, 0.1) is 0 Å². The molecule has 1 saturated heterocycles. The smallest absolute Gasteiger partial charge is 0.254 e. The van der Waals surface area contributed by atoms with Crippen molar-refractivity contribution >= 4 is 17.6 Å². The van der Waals surface area contributed by atoms with Crippen LogP contribution in [-0.2, 0) is 11.2 Å². The van der Waals surface area contributed by atoms with Crippen molar-refractivity contribution in [2.45, 2.75) is 19.8 Å². The number of hydrogen-bond acceptors (Lipinski definition) is 4. The lowest BCUT2D eigenvalue weighted by Gasteiger charge is -2.20. The molecule has 1 aliphatic rings. The second-order valence-electron chi connectivity index (χ2n) is 4.73. The molecule has 1 aliphatic heterocycles. The van der Waals surface area contributed by atoms with Gasteiger partial charge in [0.2, 0.25) is 5.91 Å². The average molecular weight is 276 g/mol. The Balaban J connectivity index is 2.21. The molecule has 6 heteroatoms. The minimum atomic E-state index is -0.0462. The molecule has 0 aromatic carbocycles. The lowest BCUT2D eigenvalue weighted by molar-refractivity contribution is -0.120. The molecule has 1 fully saturated rings. The van der Waals surface area contributed by atoms with E-state index >= 15 is 0 Å². The van der Waals surface area contributed by atoms with E-state index in [1.54, 1.807) is 18.0 Å². The molecule has 0 atom stereocenters. The maximum Gasteiger partial charge on any atom is 0.254 e. The molecule has 2 rings (SSSR count). The zero-order valence-corrected chi connectivity index (χ0v) is 11.9. The Kier molecular flexibility index (Phi) is 4.55. The summed E-state index contributed by atoms with van der Waals surface area (Å²) in [7, 11) is 1.78. The minimum Gasteiger partial charge on any atom is -0.373 e. The largest absolute Gasteiger partial charge is 0.373 e. The van der Waals surface area contributed by atoms with Gasteiger partial charge in [0.25, 0.3) is 5.91 Å². The van der Waals surface area contributed by atoms with Crippen molar-refractivity contribution in [3.8, 4) is 0 Å². The standard InChI is InChI=1S/C14H20N4O2/c1-3-11-8-10(9-12(15-2)17-11)14(20)18-6-4-13(19)16-5-7-18/h8-9H,3-7H2,1-2H3,(H,15,17)(H,16,19). The maximum atomic E-state index is 12.5. The van der Waals surface area contributed by atoms with Crippen LogP contribution in [0.15, 0.2) is 12.1 Å². The molecule has 2 N–H and O–H groups in total. The zero-order chi connectivity index (χ0) is 14.5. The summed E-state index contributed by atoms with van der Waals surface area (Å²) >= 11 is 0. The Bertz CT molecular complexity index is 494. The van der Waals surface area contributed by atoms with E-state index in [2.05, 4.69) is 15.6 Å². The Labute approximate surface area is 118 Å². The summed E-state index contributed by atoms with van der Waals surface area (Å²) in [4.78, 5) is 29.9. The van der Waals surface area contributed by atoms with E-state index < -0.39 is 0 Å². The molecule has 2 heterocycles. The van der Waals surface area contributed by atoms with E-state index in [1.165, 1.54) is 0 Å². The Morgan fingerprint density at radius 2 is 2.25 bits per heavy atom. The molecule has 6 nitrogen and oxygen atoms in total. The van der Waals surface area contributed by atoms with E-state index in [4.69, 9.17) is 0 Å². The van der Waals surface area contributed by atoms with Gasteiger partial charge in [-0.1, -0.05) is 6.92 Å². The van der Waals surface area contributed by atoms with Gasteiger partial charge in [-0.25, -0.2) is 4.98 Å². The molecule has 1 aromatic rings. The van der Waals surface area contributed by atoms with Gasteiger partial charge in [-0.2, -0.15) is 0 Å². The van der Waals surface area contributed by atoms with Gasteiger partial charge in [-0.3, -0.25) is 9.59 Å². The lowest BCUT2D eigenvalue weighted by atomic mass is 10.1. The first-order valence-electron chi connectivity index (χ1n) is 6.88. The summed E-state index contributed by atoms with van der Waals surface area (Å²) in [6, 6.07) is 3.57. The van der Waals surface area contributed by atoms with E-state index in [9.17, 15) is 9.59 Å². The molecule has 0 unspecified atom stereocenters. The van der Waals surface area contributed by atoms with Crippen LogP contribution in [0.4, 0.5) is 5.82 Å². The second kappa shape index (κ2) is 6.36. The van der Waals surface area contributed by atoms with E-state index in [1.807, 2.05) is 13.0 Å². The third-order valence-corrected chi connectivity index (χ3v) is 3.34. The van der Waals surface area contributed by atoms with E-state index in [-0.39, 0.29) is 11.8 Å². The fraction of sp³-hybridized carbons (Fsp3) is 0.500. The summed E-state index contributed by atoms with van der Waals surface area (Å²) in [5.74, 6) is 0.645. The van der Waals surface area contributed by atoms with Gasteiger partial charge < -0.3 is 15.5 Å². The van der Waals surface area contributed by atoms with Crippen molar-refractivity contribution in [2.75, 3.05) is 32.0 Å². The molecule has 0 aliphatic carbocycles. The molecule has 1 aromatic heterocycles. The first-order chi connectivity index (χ1) is 9.63. The van der Waals surface area contributed by atoms with Crippen molar-refractivity contribution < 1.29 is 9.59 Å². The highest BCUT2D eigenvalue weighted by molar-refractivity contribution is 5.95. The quantitative estimate of drug-likeness (QED) is 0.850. The predicted octanol–water partition coefficient (Wildman–Crippen LogP) is 0.648. The van der Waals surface area contributed by atoms with Gasteiger partial charge in [-0.05, 0) is 18.6 Å². The van der Waals surface area contributed by atoms with Crippen molar-refractivity contribution in [1.82, 2.24) is 15.2 Å². The maximum absolute atomic E-state index is 12.5. The first-order valence-corrected chi connectivity index (χ1v) is 6.88. The van der Waals surface area contributed by atoms with Gasteiger partial charge in [0, 0.05) is 44.4 Å². The molecule has 0 spiro atoms. The fourth-order valence-electron chi connectivity index (χ4n) is 2.17. The van der Waals surface area contributed by atoms with Gasteiger partial charge in [0.1, 0.15) is 5.82 Å². The number of nitrogens with one attached hydrogen (secondary N) is 2. The van der Waals surface area contributed by atoms with Crippen molar-refractivity contribution in [1.29, 1.82) is 0 Å². The van der Waals surface area contributed by atoms with Crippen LogP contribution in [0.2, 0.25) is 0 Å². The third-order valence-electron chi connectivity index (χ3n) is 3.34. The van der Waals surface area contributed by atoms with Crippen LogP contribution >= 0.6 is 0 Å². The normalized spacial score (nSPS) is 15.5. The SMILES string of the molecule is CCc1cc(C(=O)N2CCNC(=O)CC2)cc(NC)n1. The highest BCUT2D eigenvalue weighted by atomic mass is 16.2. The van der Waals surface area contributed by atoms with E-state index in [0.717, 1.165) is 12.1 Å². The number of nitrogens with zero attached hydrogens (tertiary/aromatic N) is 2. The van der Waals surface area contributed by atoms with Crippen LogP contribution in [0.3, 0.4) is 0 Å². The van der Waals surface area contributed by atoms with Crippen molar-refractivity contribution in [2.24, 2.45) is 0 Å². The van der Waals surface area contributed by atoms with Crippen molar-refractivity contribution in [3.05, 3.63) is 23.4 Å². The van der Waals surface area contributed by atoms with Gasteiger partial charge in [0.15, 0.2) is 0 Å². The topological polar surface area (TPSA) is 74.3 Å². The monoisotopic (exact) mass is 276 g/mol. The van der Waals surface area contributed by atoms with Crippen LogP contribution in [0.25, 0.3) is 0 Å². The van der Waals surface area contributed by atoms with E-state index in [0.29, 0.717) is 37.4 Å². The summed E-state index contributed by atoms with van der Waals surface area (Å²) < 4.78 is 0. The summed E-state index contributed by atoms with van der Waals surface area (Å²) in [6.45, 7) is 3.52. The number of carbonyl (C=O) groups is 2. The fourth-order valence-corrected chi connectivity index (χ4v) is 2.17. The summed E-state index contributed by atoms with van der Waals surface area (Å²) in [6.07, 6.45) is 1.13. The highest BCUT2D eigenvalue weighted by Crippen LogP contribution is 2.14. The van der Waals surface area contributed by atoms with Crippen molar-refractivity contribution in [3.63, 3.8) is 0 Å². The molecule has 0 radical (unpaired) electrons. The lowest BCUT2D eigenvalue weighted by Crippen LogP contribution is -2.34. The zero-order valence-electron chi connectivity index (χ0n) is 11.9. The summed E-state index contributed by atoms with van der Waals surface area (Å²) in [5, 5.41) is 5.74. The number of aromatic nitrogens is 1. The number of anilines is 1. The van der Waals surface area contributed by atoms with Crippen LogP contribution in [0.5, 0.6) is 0 Å². The molecule has 0 saturated carbocycles. The number of rotatable bonds is 3. The summed E-state index contributed by atoms with van der Waals surface area (Å²) in [5.41, 5.74) is 1.50. The Morgan fingerprint density at radius 3 is 2.95 bits per heavy atom. The Hall–Kier alpha value is -2.11. The van der Waals surface area contributed by atoms with Crippen LogP contribution in [0.1, 0.15) is 29.4 Å². The van der Waals surface area contributed by atoms with Gasteiger partial charge in [-0.15, -0.1) is 0 Å². The number of hydrogen-bond donors (Lipinski definition) is 2. The molecular weight excluding hydrogens is 256 g/mol. The molecular formula is C14H20N4O2. The third kappa shape index (κ3) is 3.26. The molecule has 108 valence electrons. The van der Waals surface area contributed by atoms with Crippen LogP contribution in [0, 0.1) is 0 Å². The van der Waals surface area contributed by atoms with Crippen LogP contribution in [-0.4, -0.2) is 48.4 Å². The average Bonchev–Trinajstić information content (AvgIpc) is 2.70. The number of aryl methyl sites for hydroxylation is 1. The predicted molar refractivity (Wildman–Crippen MR) is 76.7 cm³/mol. The number of pyridine rings is 1. The number of carbonyl (C=O) groups excluding carboxylic acids is 2. The minimum absolute atomic E-state index is 0.000175.